The van der Waals surface area contributed by atoms with E-state index < -0.39 is 36.6 Å². The summed E-state index contributed by atoms with van der Waals surface area (Å²) in [4.78, 5) is 50.5. The quantitative estimate of drug-likeness (QED) is 0.448. The van der Waals surface area contributed by atoms with Gasteiger partial charge in [-0.1, -0.05) is 43.3 Å². The second-order valence-corrected chi connectivity index (χ2v) is 6.96. The second kappa shape index (κ2) is 7.71. The third-order valence-electron chi connectivity index (χ3n) is 4.42. The molecular weight excluding hydrogens is 368 g/mol. The van der Waals surface area contributed by atoms with Gasteiger partial charge in [-0.15, -0.1) is 11.3 Å². The fourth-order valence-corrected chi connectivity index (χ4v) is 3.61. The fraction of sp³-hybridized carbons (Fsp3) is 0.263. The van der Waals surface area contributed by atoms with E-state index in [0.29, 0.717) is 16.9 Å². The van der Waals surface area contributed by atoms with Crippen molar-refractivity contribution in [3.05, 3.63) is 58.3 Å². The zero-order valence-electron chi connectivity index (χ0n) is 14.6. The van der Waals surface area contributed by atoms with Gasteiger partial charge in [0.2, 0.25) is 5.78 Å². The van der Waals surface area contributed by atoms with Crippen molar-refractivity contribution >= 4 is 35.0 Å². The zero-order valence-corrected chi connectivity index (χ0v) is 15.5. The Balaban J connectivity index is 1.66. The van der Waals surface area contributed by atoms with E-state index in [9.17, 15) is 19.2 Å². The first-order valence-electron chi connectivity index (χ1n) is 8.40. The summed E-state index contributed by atoms with van der Waals surface area (Å²) in [5, 5.41) is 4.44. The Morgan fingerprint density at radius 2 is 1.89 bits per heavy atom. The Labute approximate surface area is 159 Å². The summed E-state index contributed by atoms with van der Waals surface area (Å²) in [5.41, 5.74) is -0.555. The van der Waals surface area contributed by atoms with E-state index >= 15 is 0 Å². The lowest BCUT2D eigenvalue weighted by atomic mass is 9.87. The minimum atomic E-state index is -1.20. The number of Topliss-reactive ketones (excluding diaryl/α,β-unsaturated/α-hetero) is 1. The number of carbonyl (C=O) groups excluding carboxylic acids is 4. The van der Waals surface area contributed by atoms with Gasteiger partial charge in [0.15, 0.2) is 6.61 Å². The maximum Gasteiger partial charge on any atom is 0.326 e. The average molecular weight is 386 g/mol. The molecule has 1 aliphatic heterocycles. The van der Waals surface area contributed by atoms with Gasteiger partial charge in [-0.2, -0.15) is 0 Å². The first-order chi connectivity index (χ1) is 13.0. The molecule has 0 saturated carbocycles. The third-order valence-corrected chi connectivity index (χ3v) is 5.33. The molecule has 1 N–H and O–H groups in total. The predicted molar refractivity (Wildman–Crippen MR) is 98.3 cm³/mol. The molecule has 8 heteroatoms. The Morgan fingerprint density at radius 1 is 1.15 bits per heavy atom. The molecule has 0 aliphatic carbocycles. The van der Waals surface area contributed by atoms with Gasteiger partial charge in [0, 0.05) is 0 Å². The molecule has 1 unspecified atom stereocenters. The number of hydrogen-bond acceptors (Lipinski definition) is 6. The summed E-state index contributed by atoms with van der Waals surface area (Å²) < 4.78 is 4.94. The van der Waals surface area contributed by atoms with Crippen molar-refractivity contribution in [1.82, 2.24) is 10.2 Å². The SMILES string of the molecule is CCC1(c2ccccc2)NC(=O)N(CC(=O)OCC(=O)c2cccs2)C1=O. The average Bonchev–Trinajstić information content (AvgIpc) is 3.30. The number of thiophene rings is 1. The van der Waals surface area contributed by atoms with Crippen LogP contribution >= 0.6 is 11.3 Å². The molecule has 27 heavy (non-hydrogen) atoms. The molecule has 1 aromatic carbocycles. The molecule has 1 aromatic heterocycles. The van der Waals surface area contributed by atoms with E-state index in [1.54, 1.807) is 48.7 Å². The number of hydrogen-bond donors (Lipinski definition) is 1. The number of benzene rings is 1. The highest BCUT2D eigenvalue weighted by atomic mass is 32.1. The molecule has 3 rings (SSSR count). The van der Waals surface area contributed by atoms with Crippen molar-refractivity contribution < 1.29 is 23.9 Å². The Morgan fingerprint density at radius 3 is 2.52 bits per heavy atom. The number of ketones is 1. The highest BCUT2D eigenvalue weighted by Crippen LogP contribution is 2.32. The van der Waals surface area contributed by atoms with Gasteiger partial charge in [0.25, 0.3) is 5.91 Å². The molecule has 2 heterocycles. The van der Waals surface area contributed by atoms with Gasteiger partial charge in [-0.3, -0.25) is 19.3 Å². The maximum absolute atomic E-state index is 12.9. The van der Waals surface area contributed by atoms with Crippen molar-refractivity contribution in [3.63, 3.8) is 0 Å². The molecule has 1 atom stereocenters. The molecule has 1 fully saturated rings. The van der Waals surface area contributed by atoms with Crippen molar-refractivity contribution in [2.75, 3.05) is 13.2 Å². The van der Waals surface area contributed by atoms with Crippen molar-refractivity contribution in [2.45, 2.75) is 18.9 Å². The molecule has 140 valence electrons. The Bertz CT molecular complexity index is 865. The Kier molecular flexibility index (Phi) is 5.36. The van der Waals surface area contributed by atoms with Crippen LogP contribution in [0.4, 0.5) is 4.79 Å². The maximum atomic E-state index is 12.9. The summed E-state index contributed by atoms with van der Waals surface area (Å²) in [7, 11) is 0. The summed E-state index contributed by atoms with van der Waals surface area (Å²) in [5.74, 6) is -1.66. The molecule has 7 nitrogen and oxygen atoms in total. The number of urea groups is 1. The number of amides is 3. The van der Waals surface area contributed by atoms with Gasteiger partial charge in [-0.05, 0) is 23.4 Å². The summed E-state index contributed by atoms with van der Waals surface area (Å²) >= 11 is 1.25. The normalized spacial score (nSPS) is 19.1. The third kappa shape index (κ3) is 3.61. The molecule has 1 aliphatic rings. The lowest BCUT2D eigenvalue weighted by molar-refractivity contribution is -0.147. The van der Waals surface area contributed by atoms with Crippen LogP contribution in [0.15, 0.2) is 47.8 Å². The van der Waals surface area contributed by atoms with Crippen LogP contribution in [0.1, 0.15) is 28.6 Å². The van der Waals surface area contributed by atoms with Crippen molar-refractivity contribution in [2.24, 2.45) is 0 Å². The molecular formula is C19H18N2O5S. The van der Waals surface area contributed by atoms with Crippen LogP contribution in [-0.2, 0) is 19.9 Å². The van der Waals surface area contributed by atoms with Crippen LogP contribution in [0.5, 0.6) is 0 Å². The summed E-state index contributed by atoms with van der Waals surface area (Å²) in [6, 6.07) is 11.6. The number of carbonyl (C=O) groups is 4. The van der Waals surface area contributed by atoms with Crippen molar-refractivity contribution in [3.8, 4) is 0 Å². The number of esters is 1. The molecule has 0 bridgehead atoms. The van der Waals surface area contributed by atoms with Gasteiger partial charge < -0.3 is 10.1 Å². The summed E-state index contributed by atoms with van der Waals surface area (Å²) in [6.45, 7) is 0.810. The highest BCUT2D eigenvalue weighted by molar-refractivity contribution is 7.12. The van der Waals surface area contributed by atoms with Crippen LogP contribution in [-0.4, -0.2) is 41.7 Å². The van der Waals surface area contributed by atoms with Crippen LogP contribution in [0.25, 0.3) is 0 Å². The highest BCUT2D eigenvalue weighted by Gasteiger charge is 2.51. The van der Waals surface area contributed by atoms with E-state index in [-0.39, 0.29) is 5.78 Å². The minimum absolute atomic E-state index is 0.331. The largest absolute Gasteiger partial charge is 0.456 e. The van der Waals surface area contributed by atoms with E-state index in [4.69, 9.17) is 4.74 Å². The van der Waals surface area contributed by atoms with Gasteiger partial charge in [0.05, 0.1) is 4.88 Å². The predicted octanol–water partition coefficient (Wildman–Crippen LogP) is 2.33. The molecule has 0 radical (unpaired) electrons. The minimum Gasteiger partial charge on any atom is -0.456 e. The van der Waals surface area contributed by atoms with Gasteiger partial charge >= 0.3 is 12.0 Å². The fourth-order valence-electron chi connectivity index (χ4n) is 2.96. The smallest absolute Gasteiger partial charge is 0.326 e. The first kappa shape index (κ1) is 18.8. The molecule has 2 aromatic rings. The van der Waals surface area contributed by atoms with Gasteiger partial charge in [-0.25, -0.2) is 4.79 Å². The van der Waals surface area contributed by atoms with Crippen LogP contribution in [0.3, 0.4) is 0 Å². The number of nitrogens with one attached hydrogen (secondary N) is 1. The number of rotatable bonds is 7. The number of ether oxygens (including phenoxy) is 1. The number of imide groups is 1. The molecule has 3 amide bonds. The molecule has 0 spiro atoms. The lowest BCUT2D eigenvalue weighted by Gasteiger charge is -2.25. The van der Waals surface area contributed by atoms with E-state index in [0.717, 1.165) is 4.90 Å². The van der Waals surface area contributed by atoms with Crippen LogP contribution < -0.4 is 5.32 Å². The van der Waals surface area contributed by atoms with E-state index in [1.807, 2.05) is 6.07 Å². The summed E-state index contributed by atoms with van der Waals surface area (Å²) in [6.07, 6.45) is 0.337. The lowest BCUT2D eigenvalue weighted by Crippen LogP contribution is -2.44. The number of nitrogens with zero attached hydrogens (tertiary/aromatic N) is 1. The van der Waals surface area contributed by atoms with E-state index in [1.165, 1.54) is 11.3 Å². The Hall–Kier alpha value is -3.00. The second-order valence-electron chi connectivity index (χ2n) is 6.01. The van der Waals surface area contributed by atoms with E-state index in [2.05, 4.69) is 5.32 Å². The van der Waals surface area contributed by atoms with Crippen LogP contribution in [0.2, 0.25) is 0 Å². The van der Waals surface area contributed by atoms with Crippen LogP contribution in [0, 0.1) is 0 Å². The van der Waals surface area contributed by atoms with Gasteiger partial charge in [0.1, 0.15) is 12.1 Å². The topological polar surface area (TPSA) is 92.8 Å². The molecule has 1 saturated heterocycles. The first-order valence-corrected chi connectivity index (χ1v) is 9.28. The van der Waals surface area contributed by atoms with Crippen molar-refractivity contribution in [1.29, 1.82) is 0 Å². The zero-order chi connectivity index (χ0) is 19.4. The monoisotopic (exact) mass is 386 g/mol. The standard InChI is InChI=1S/C19H18N2O5S/c1-2-19(13-7-4-3-5-8-13)17(24)21(18(25)20-19)11-16(23)26-12-14(22)15-9-6-10-27-15/h3-10H,2,11-12H2,1H3,(H,20,25).